The van der Waals surface area contributed by atoms with Crippen molar-refractivity contribution in [2.75, 3.05) is 6.61 Å². The van der Waals surface area contributed by atoms with Gasteiger partial charge in [0, 0.05) is 17.5 Å². The van der Waals surface area contributed by atoms with Gasteiger partial charge >= 0.3 is 6.36 Å². The zero-order valence-corrected chi connectivity index (χ0v) is 15.7. The lowest BCUT2D eigenvalue weighted by molar-refractivity contribution is -0.274. The van der Waals surface area contributed by atoms with Gasteiger partial charge in [0.25, 0.3) is 0 Å². The average Bonchev–Trinajstić information content (AvgIpc) is 3.15. The van der Waals surface area contributed by atoms with Crippen LogP contribution in [0.2, 0.25) is 0 Å². The molecule has 1 atom stereocenters. The van der Waals surface area contributed by atoms with E-state index in [-0.39, 0.29) is 18.3 Å². The van der Waals surface area contributed by atoms with E-state index in [1.807, 2.05) is 0 Å². The highest BCUT2D eigenvalue weighted by Gasteiger charge is 2.31. The molecule has 29 heavy (non-hydrogen) atoms. The van der Waals surface area contributed by atoms with Crippen molar-refractivity contribution in [1.82, 2.24) is 5.32 Å². The minimum atomic E-state index is -4.76. The number of rotatable bonds is 6. The first-order valence-electron chi connectivity index (χ1n) is 8.95. The van der Waals surface area contributed by atoms with E-state index in [4.69, 9.17) is 4.74 Å². The molecule has 2 N–H and O–H groups in total. The molecule has 0 aliphatic carbocycles. The van der Waals surface area contributed by atoms with E-state index < -0.39 is 12.4 Å². The number of nitrogens with one attached hydrogen (secondary N) is 1. The fraction of sp³-hybridized carbons (Fsp3) is 0.286. The van der Waals surface area contributed by atoms with Crippen molar-refractivity contribution >= 4 is 5.91 Å². The second kappa shape index (κ2) is 8.16. The fourth-order valence-electron chi connectivity index (χ4n) is 3.44. The molecule has 1 aliphatic rings. The number of alkyl halides is 3. The lowest BCUT2D eigenvalue weighted by atomic mass is 9.90. The molecule has 0 unspecified atom stereocenters. The Morgan fingerprint density at radius 2 is 2.07 bits per heavy atom. The number of aliphatic hydroxyl groups is 1. The number of fused-ring (bicyclic) bond motifs is 1. The molecule has 1 amide bonds. The predicted octanol–water partition coefficient (Wildman–Crippen LogP) is 4.04. The van der Waals surface area contributed by atoms with Crippen molar-refractivity contribution in [2.24, 2.45) is 0 Å². The zero-order chi connectivity index (χ0) is 21.2. The second-order valence-electron chi connectivity index (χ2n) is 6.56. The standard InChI is InChI=1S/C21H20F3NO4/c1-3-19(27)25-12(2)16-10-17(20-15(8-9-28-20)18(16)11-26)13-4-6-14(7-5-13)29-21(22,23)24/h3-7,10,12,26H,1,8-9,11H2,2H3,(H,25,27)/t12-/m1/s1. The molecule has 3 rings (SSSR count). The van der Waals surface area contributed by atoms with Gasteiger partial charge in [-0.1, -0.05) is 18.7 Å². The maximum absolute atomic E-state index is 12.4. The Morgan fingerprint density at radius 3 is 2.66 bits per heavy atom. The van der Waals surface area contributed by atoms with Crippen LogP contribution in [0.4, 0.5) is 13.2 Å². The highest BCUT2D eigenvalue weighted by molar-refractivity contribution is 5.87. The molecule has 1 heterocycles. The van der Waals surface area contributed by atoms with Crippen molar-refractivity contribution in [3.05, 3.63) is 59.7 Å². The lowest BCUT2D eigenvalue weighted by Gasteiger charge is -2.21. The molecule has 1 aliphatic heterocycles. The van der Waals surface area contributed by atoms with E-state index in [1.165, 1.54) is 24.3 Å². The predicted molar refractivity (Wildman–Crippen MR) is 100 cm³/mol. The van der Waals surface area contributed by atoms with Crippen LogP contribution in [-0.4, -0.2) is 24.0 Å². The highest BCUT2D eigenvalue weighted by Crippen LogP contribution is 2.42. The monoisotopic (exact) mass is 407 g/mol. The summed E-state index contributed by atoms with van der Waals surface area (Å²) < 4.78 is 46.9. The Kier molecular flexibility index (Phi) is 5.83. The summed E-state index contributed by atoms with van der Waals surface area (Å²) in [7, 11) is 0. The molecule has 5 nitrogen and oxygen atoms in total. The molecule has 8 heteroatoms. The number of hydrogen-bond acceptors (Lipinski definition) is 4. The largest absolute Gasteiger partial charge is 0.573 e. The minimum absolute atomic E-state index is 0.228. The van der Waals surface area contributed by atoms with Gasteiger partial charge in [0.2, 0.25) is 5.91 Å². The quantitative estimate of drug-likeness (QED) is 0.710. The molecule has 2 aromatic rings. The Labute approximate surface area is 165 Å². The van der Waals surface area contributed by atoms with Crippen LogP contribution in [0.25, 0.3) is 11.1 Å². The first-order valence-corrected chi connectivity index (χ1v) is 8.95. The van der Waals surface area contributed by atoms with Crippen LogP contribution in [0.15, 0.2) is 43.0 Å². The number of halogens is 3. The number of amides is 1. The molecular formula is C21H20F3NO4. The van der Waals surface area contributed by atoms with E-state index in [1.54, 1.807) is 13.0 Å². The average molecular weight is 407 g/mol. The summed E-state index contributed by atoms with van der Waals surface area (Å²) >= 11 is 0. The fourth-order valence-corrected chi connectivity index (χ4v) is 3.44. The Bertz CT molecular complexity index is 923. The van der Waals surface area contributed by atoms with Gasteiger partial charge in [-0.3, -0.25) is 4.79 Å². The topological polar surface area (TPSA) is 67.8 Å². The van der Waals surface area contributed by atoms with Crippen LogP contribution in [0, 0.1) is 0 Å². The van der Waals surface area contributed by atoms with Gasteiger partial charge in [0.15, 0.2) is 0 Å². The Morgan fingerprint density at radius 1 is 1.38 bits per heavy atom. The molecule has 2 aromatic carbocycles. The molecule has 0 aromatic heterocycles. The smallest absolute Gasteiger partial charge is 0.492 e. The number of benzene rings is 2. The summed E-state index contributed by atoms with van der Waals surface area (Å²) in [5.74, 6) is -0.0875. The third kappa shape index (κ3) is 4.54. The van der Waals surface area contributed by atoms with Gasteiger partial charge in [0.05, 0.1) is 19.3 Å². The van der Waals surface area contributed by atoms with E-state index in [0.29, 0.717) is 41.0 Å². The maximum Gasteiger partial charge on any atom is 0.573 e. The van der Waals surface area contributed by atoms with Gasteiger partial charge in [-0.15, -0.1) is 13.2 Å². The van der Waals surface area contributed by atoms with Crippen molar-refractivity contribution in [2.45, 2.75) is 32.4 Å². The summed E-state index contributed by atoms with van der Waals surface area (Å²) in [6, 6.07) is 6.84. The number of carbonyl (C=O) groups is 1. The van der Waals surface area contributed by atoms with E-state index in [0.717, 1.165) is 11.6 Å². The van der Waals surface area contributed by atoms with Gasteiger partial charge in [-0.05, 0) is 47.9 Å². The van der Waals surface area contributed by atoms with Crippen LogP contribution >= 0.6 is 0 Å². The summed E-state index contributed by atoms with van der Waals surface area (Å²) in [6.07, 6.45) is -3.02. The van der Waals surface area contributed by atoms with Crippen LogP contribution in [0.5, 0.6) is 11.5 Å². The minimum Gasteiger partial charge on any atom is -0.492 e. The third-order valence-corrected chi connectivity index (χ3v) is 4.70. The van der Waals surface area contributed by atoms with E-state index in [9.17, 15) is 23.1 Å². The molecule has 0 radical (unpaired) electrons. The van der Waals surface area contributed by atoms with Gasteiger partial charge < -0.3 is 19.9 Å². The molecule has 0 saturated heterocycles. The van der Waals surface area contributed by atoms with Gasteiger partial charge in [-0.25, -0.2) is 0 Å². The molecule has 154 valence electrons. The summed E-state index contributed by atoms with van der Waals surface area (Å²) in [6.45, 7) is 5.42. The molecule has 0 spiro atoms. The van der Waals surface area contributed by atoms with Crippen LogP contribution in [-0.2, 0) is 17.8 Å². The first kappa shape index (κ1) is 20.7. The van der Waals surface area contributed by atoms with Crippen molar-refractivity contribution in [3.63, 3.8) is 0 Å². The normalized spacial score (nSPS) is 14.0. The number of ether oxygens (including phenoxy) is 2. The van der Waals surface area contributed by atoms with Crippen molar-refractivity contribution < 1.29 is 32.5 Å². The van der Waals surface area contributed by atoms with Crippen LogP contribution < -0.4 is 14.8 Å². The van der Waals surface area contributed by atoms with Crippen LogP contribution in [0.1, 0.15) is 29.7 Å². The van der Waals surface area contributed by atoms with Crippen LogP contribution in [0.3, 0.4) is 0 Å². The van der Waals surface area contributed by atoms with E-state index >= 15 is 0 Å². The van der Waals surface area contributed by atoms with Gasteiger partial charge in [-0.2, -0.15) is 0 Å². The molecular weight excluding hydrogens is 387 g/mol. The number of aliphatic hydroxyl groups excluding tert-OH is 1. The second-order valence-corrected chi connectivity index (χ2v) is 6.56. The Hall–Kier alpha value is -3.00. The Balaban J connectivity index is 2.05. The number of hydrogen-bond donors (Lipinski definition) is 2. The zero-order valence-electron chi connectivity index (χ0n) is 15.7. The molecule has 0 saturated carbocycles. The first-order chi connectivity index (χ1) is 13.7. The molecule has 0 bridgehead atoms. The lowest BCUT2D eigenvalue weighted by Crippen LogP contribution is -2.25. The SMILES string of the molecule is C=CC(=O)N[C@H](C)c1cc(-c2ccc(OC(F)(F)F)cc2)c2c(c1CO)CCO2. The van der Waals surface area contributed by atoms with Gasteiger partial charge in [0.1, 0.15) is 11.5 Å². The van der Waals surface area contributed by atoms with Crippen molar-refractivity contribution in [3.8, 4) is 22.6 Å². The summed E-state index contributed by atoms with van der Waals surface area (Å²) in [5.41, 5.74) is 3.51. The highest BCUT2D eigenvalue weighted by atomic mass is 19.4. The molecule has 0 fully saturated rings. The summed E-state index contributed by atoms with van der Waals surface area (Å²) in [4.78, 5) is 11.7. The van der Waals surface area contributed by atoms with E-state index in [2.05, 4.69) is 16.6 Å². The van der Waals surface area contributed by atoms with Crippen molar-refractivity contribution in [1.29, 1.82) is 0 Å². The maximum atomic E-state index is 12.4. The summed E-state index contributed by atoms with van der Waals surface area (Å²) in [5, 5.41) is 12.7. The number of carbonyl (C=O) groups excluding carboxylic acids is 1. The third-order valence-electron chi connectivity index (χ3n) is 4.70.